The molecule has 5 heteroatoms. The summed E-state index contributed by atoms with van der Waals surface area (Å²) in [7, 11) is 1.30. The molecule has 0 heterocycles. The van der Waals surface area contributed by atoms with Gasteiger partial charge < -0.3 is 9.84 Å². The predicted octanol–water partition coefficient (Wildman–Crippen LogP) is 1.43. The van der Waals surface area contributed by atoms with Gasteiger partial charge in [-0.2, -0.15) is 4.99 Å². The molecular weight excluding hydrogens is 198 g/mol. The number of ether oxygens (including phenoxy) is 1. The van der Waals surface area contributed by atoms with Crippen molar-refractivity contribution in [3.63, 3.8) is 0 Å². The fraction of sp³-hybridized carbons (Fsp3) is 0.200. The maximum atomic E-state index is 10.8. The highest BCUT2D eigenvalue weighted by atomic mass is 16.5. The van der Waals surface area contributed by atoms with Crippen molar-refractivity contribution < 1.29 is 19.4 Å². The van der Waals surface area contributed by atoms with Gasteiger partial charge in [-0.1, -0.05) is 12.1 Å². The summed E-state index contributed by atoms with van der Waals surface area (Å²) >= 11 is 0. The molecule has 1 N–H and O–H groups in total. The first kappa shape index (κ1) is 11.1. The van der Waals surface area contributed by atoms with Gasteiger partial charge in [0.05, 0.1) is 5.69 Å². The number of benzene rings is 1. The molecule has 0 aromatic heterocycles. The van der Waals surface area contributed by atoms with Crippen LogP contribution in [0.1, 0.15) is 11.7 Å². The number of isocyanates is 1. The molecule has 1 rings (SSSR count). The van der Waals surface area contributed by atoms with Crippen LogP contribution in [0.4, 0.5) is 5.69 Å². The highest BCUT2D eigenvalue weighted by Gasteiger charge is 2.18. The van der Waals surface area contributed by atoms with Crippen molar-refractivity contribution >= 4 is 17.7 Å². The molecule has 1 aromatic carbocycles. The highest BCUT2D eigenvalue weighted by Crippen LogP contribution is 2.21. The van der Waals surface area contributed by atoms with E-state index in [1.165, 1.54) is 19.3 Å². The molecule has 0 bridgehead atoms. The van der Waals surface area contributed by atoms with E-state index < -0.39 is 12.1 Å². The number of nitrogens with zero attached hydrogens (tertiary/aromatic N) is 1. The second-order valence-electron chi connectivity index (χ2n) is 2.75. The van der Waals surface area contributed by atoms with Crippen LogP contribution in [0, 0.1) is 0 Å². The molecular formula is C10H9NO4. The Labute approximate surface area is 86.0 Å². The lowest BCUT2D eigenvalue weighted by Crippen LogP contribution is -2.13. The molecule has 0 fully saturated rings. The van der Waals surface area contributed by atoms with Gasteiger partial charge in [0.15, 0.2) is 6.10 Å². The fourth-order valence-electron chi connectivity index (χ4n) is 1.19. The Morgan fingerprint density at radius 3 is 2.87 bits per heavy atom. The Hall–Kier alpha value is -1.97. The Bertz CT molecular complexity index is 410. The summed E-state index contributed by atoms with van der Waals surface area (Å²) in [5.41, 5.74) is 0.785. The van der Waals surface area contributed by atoms with E-state index in [2.05, 4.69) is 4.99 Å². The van der Waals surface area contributed by atoms with Gasteiger partial charge in [0.2, 0.25) is 6.08 Å². The molecule has 0 amide bonds. The first-order chi connectivity index (χ1) is 7.19. The van der Waals surface area contributed by atoms with E-state index in [0.29, 0.717) is 11.3 Å². The van der Waals surface area contributed by atoms with Gasteiger partial charge in [-0.15, -0.1) is 0 Å². The van der Waals surface area contributed by atoms with Gasteiger partial charge in [0.1, 0.15) is 0 Å². The summed E-state index contributed by atoms with van der Waals surface area (Å²) in [4.78, 5) is 24.2. The zero-order valence-electron chi connectivity index (χ0n) is 8.01. The molecule has 15 heavy (non-hydrogen) atoms. The Morgan fingerprint density at radius 1 is 1.60 bits per heavy atom. The van der Waals surface area contributed by atoms with Crippen molar-refractivity contribution in [3.05, 3.63) is 29.8 Å². The molecule has 5 nitrogen and oxygen atoms in total. The second-order valence-corrected chi connectivity index (χ2v) is 2.75. The third kappa shape index (κ3) is 2.74. The lowest BCUT2D eigenvalue weighted by Gasteiger charge is -2.10. The average molecular weight is 207 g/mol. The lowest BCUT2D eigenvalue weighted by molar-refractivity contribution is -0.148. The molecule has 0 spiro atoms. The van der Waals surface area contributed by atoms with Crippen LogP contribution in [0.2, 0.25) is 0 Å². The molecule has 1 atom stereocenters. The number of carbonyl (C=O) groups is 1. The molecule has 0 aliphatic heterocycles. The largest absolute Gasteiger partial charge is 0.479 e. The van der Waals surface area contributed by atoms with Gasteiger partial charge in [0.25, 0.3) is 0 Å². The van der Waals surface area contributed by atoms with E-state index in [4.69, 9.17) is 9.84 Å². The number of hydrogen-bond acceptors (Lipinski definition) is 4. The maximum Gasteiger partial charge on any atom is 0.337 e. The SMILES string of the molecule is COC(C(=O)O)c1cccc(N=C=O)c1. The van der Waals surface area contributed by atoms with Crippen molar-refractivity contribution in [2.45, 2.75) is 6.10 Å². The van der Waals surface area contributed by atoms with Gasteiger partial charge in [-0.3, -0.25) is 0 Å². The summed E-state index contributed by atoms with van der Waals surface area (Å²) in [6.07, 6.45) is 0.335. The Kier molecular flexibility index (Phi) is 3.74. The fourth-order valence-corrected chi connectivity index (χ4v) is 1.19. The zero-order chi connectivity index (χ0) is 11.3. The minimum absolute atomic E-state index is 0.353. The van der Waals surface area contributed by atoms with Gasteiger partial charge in [0, 0.05) is 7.11 Å². The monoisotopic (exact) mass is 207 g/mol. The molecule has 0 aliphatic carbocycles. The number of carboxylic acid groups (broad SMARTS) is 1. The van der Waals surface area contributed by atoms with Crippen molar-refractivity contribution in [1.29, 1.82) is 0 Å². The molecule has 0 saturated heterocycles. The van der Waals surface area contributed by atoms with Crippen LogP contribution in [-0.2, 0) is 14.3 Å². The number of aliphatic imine (C=N–C) groups is 1. The summed E-state index contributed by atoms with van der Waals surface area (Å²) in [5.74, 6) is -1.09. The van der Waals surface area contributed by atoms with Crippen LogP contribution < -0.4 is 0 Å². The van der Waals surface area contributed by atoms with Crippen LogP contribution >= 0.6 is 0 Å². The van der Waals surface area contributed by atoms with Gasteiger partial charge in [-0.05, 0) is 17.7 Å². The summed E-state index contributed by atoms with van der Waals surface area (Å²) in [6, 6.07) is 6.22. The molecule has 0 radical (unpaired) electrons. The zero-order valence-corrected chi connectivity index (χ0v) is 8.01. The Morgan fingerprint density at radius 2 is 2.33 bits per heavy atom. The van der Waals surface area contributed by atoms with Gasteiger partial charge in [-0.25, -0.2) is 9.59 Å². The minimum Gasteiger partial charge on any atom is -0.479 e. The number of carbonyl (C=O) groups excluding carboxylic acids is 1. The van der Waals surface area contributed by atoms with Crippen LogP contribution in [-0.4, -0.2) is 24.3 Å². The van der Waals surface area contributed by atoms with E-state index in [1.54, 1.807) is 18.2 Å². The summed E-state index contributed by atoms with van der Waals surface area (Å²) < 4.78 is 4.79. The van der Waals surface area contributed by atoms with Crippen molar-refractivity contribution in [2.75, 3.05) is 7.11 Å². The molecule has 0 aliphatic rings. The summed E-state index contributed by atoms with van der Waals surface area (Å²) in [6.45, 7) is 0. The standard InChI is InChI=1S/C10H9NO4/c1-15-9(10(13)14)7-3-2-4-8(5-7)11-6-12/h2-5,9H,1H3,(H,13,14). The molecule has 78 valence electrons. The van der Waals surface area contributed by atoms with Crippen LogP contribution in [0.3, 0.4) is 0 Å². The first-order valence-electron chi connectivity index (χ1n) is 4.12. The van der Waals surface area contributed by atoms with E-state index in [-0.39, 0.29) is 0 Å². The van der Waals surface area contributed by atoms with E-state index in [0.717, 1.165) is 0 Å². The molecule has 1 aromatic rings. The molecule has 1 unspecified atom stereocenters. The number of hydrogen-bond donors (Lipinski definition) is 1. The van der Waals surface area contributed by atoms with Crippen molar-refractivity contribution in [2.24, 2.45) is 4.99 Å². The average Bonchev–Trinajstić information content (AvgIpc) is 2.19. The van der Waals surface area contributed by atoms with Gasteiger partial charge >= 0.3 is 5.97 Å². The number of aliphatic carboxylic acids is 1. The minimum atomic E-state index is -1.09. The second kappa shape index (κ2) is 5.05. The third-order valence-corrected chi connectivity index (χ3v) is 1.81. The van der Waals surface area contributed by atoms with E-state index in [9.17, 15) is 9.59 Å². The van der Waals surface area contributed by atoms with E-state index in [1.807, 2.05) is 0 Å². The molecule has 0 saturated carbocycles. The predicted molar refractivity (Wildman–Crippen MR) is 51.6 cm³/mol. The van der Waals surface area contributed by atoms with Crippen molar-refractivity contribution in [1.82, 2.24) is 0 Å². The normalized spacial score (nSPS) is 11.5. The Balaban J connectivity index is 3.07. The van der Waals surface area contributed by atoms with Crippen LogP contribution in [0.15, 0.2) is 29.3 Å². The third-order valence-electron chi connectivity index (χ3n) is 1.81. The lowest BCUT2D eigenvalue weighted by atomic mass is 10.1. The first-order valence-corrected chi connectivity index (χ1v) is 4.12. The topological polar surface area (TPSA) is 76.0 Å². The number of carboxylic acids is 1. The smallest absolute Gasteiger partial charge is 0.337 e. The highest BCUT2D eigenvalue weighted by molar-refractivity contribution is 5.74. The quantitative estimate of drug-likeness (QED) is 0.598. The van der Waals surface area contributed by atoms with Crippen LogP contribution in [0.25, 0.3) is 0 Å². The van der Waals surface area contributed by atoms with Crippen LogP contribution in [0.5, 0.6) is 0 Å². The number of rotatable bonds is 4. The van der Waals surface area contributed by atoms with Crippen molar-refractivity contribution in [3.8, 4) is 0 Å². The maximum absolute atomic E-state index is 10.8. The number of methoxy groups -OCH3 is 1. The summed E-state index contributed by atoms with van der Waals surface area (Å²) in [5, 5.41) is 8.81. The van der Waals surface area contributed by atoms with E-state index >= 15 is 0 Å².